The van der Waals surface area contributed by atoms with Crippen LogP contribution in [0.5, 0.6) is 0 Å². The Kier molecular flexibility index (Phi) is 4.82. The minimum Gasteiger partial charge on any atom is -0.380 e. The predicted octanol–water partition coefficient (Wildman–Crippen LogP) is 2.55. The van der Waals surface area contributed by atoms with Crippen LogP contribution < -0.4 is 0 Å². The van der Waals surface area contributed by atoms with Gasteiger partial charge < -0.3 is 14.9 Å². The monoisotopic (exact) mass is 416 g/mol. The fourth-order valence-electron chi connectivity index (χ4n) is 3.99. The van der Waals surface area contributed by atoms with E-state index in [1.807, 2.05) is 30.5 Å². The van der Waals surface area contributed by atoms with Crippen molar-refractivity contribution in [3.63, 3.8) is 0 Å². The molecule has 7 nitrogen and oxygen atoms in total. The van der Waals surface area contributed by atoms with E-state index in [-0.39, 0.29) is 11.8 Å². The Morgan fingerprint density at radius 2 is 1.32 bits per heavy atom. The quantitative estimate of drug-likeness (QED) is 0.684. The summed E-state index contributed by atoms with van der Waals surface area (Å²) in [5.74, 6) is -0.221. The molecule has 0 spiro atoms. The van der Waals surface area contributed by atoms with Gasteiger partial charge >= 0.3 is 0 Å². The van der Waals surface area contributed by atoms with Crippen LogP contribution in [0.2, 0.25) is 0 Å². The molecule has 0 unspecified atom stereocenters. The number of nitrogens with one attached hydrogen (secondary N) is 1. The van der Waals surface area contributed by atoms with Gasteiger partial charge in [0.2, 0.25) is 0 Å². The number of hydrogen-bond acceptors (Lipinski definition) is 4. The van der Waals surface area contributed by atoms with Crippen molar-refractivity contribution in [2.45, 2.75) is 18.4 Å². The highest BCUT2D eigenvalue weighted by Crippen LogP contribution is 2.37. The highest BCUT2D eigenvalue weighted by molar-refractivity contribution is 5.95. The second kappa shape index (κ2) is 7.67. The smallest absolute Gasteiger partial charge is 0.254 e. The maximum Gasteiger partial charge on any atom is 0.254 e. The van der Waals surface area contributed by atoms with Crippen molar-refractivity contribution >= 4 is 11.8 Å². The molecule has 1 saturated heterocycles. The van der Waals surface area contributed by atoms with Gasteiger partial charge in [0.15, 0.2) is 0 Å². The lowest BCUT2D eigenvalue weighted by Gasteiger charge is -2.35. The van der Waals surface area contributed by atoms with Crippen molar-refractivity contribution < 1.29 is 14.7 Å². The zero-order valence-electron chi connectivity index (χ0n) is 17.1. The van der Waals surface area contributed by atoms with E-state index in [0.717, 1.165) is 22.3 Å². The molecule has 2 heterocycles. The molecule has 2 aromatic carbocycles. The molecular weight excluding hydrogens is 392 g/mol. The summed E-state index contributed by atoms with van der Waals surface area (Å²) >= 11 is 0. The number of hydrogen-bond donors (Lipinski definition) is 2. The van der Waals surface area contributed by atoms with E-state index in [4.69, 9.17) is 0 Å². The molecule has 1 aromatic heterocycles. The Bertz CT molecular complexity index is 1080. The number of piperazine rings is 1. The number of amides is 2. The van der Waals surface area contributed by atoms with Crippen LogP contribution in [-0.4, -0.2) is 68.7 Å². The molecule has 0 radical (unpaired) electrons. The third-order valence-corrected chi connectivity index (χ3v) is 6.16. The molecule has 0 atom stereocenters. The van der Waals surface area contributed by atoms with Crippen LogP contribution in [0.1, 0.15) is 23.2 Å². The van der Waals surface area contributed by atoms with Crippen LogP contribution in [0.25, 0.3) is 22.3 Å². The summed E-state index contributed by atoms with van der Waals surface area (Å²) in [7, 11) is 0. The van der Waals surface area contributed by atoms with Crippen LogP contribution in [0.3, 0.4) is 0 Å². The Morgan fingerprint density at radius 1 is 0.806 bits per heavy atom. The summed E-state index contributed by atoms with van der Waals surface area (Å²) in [6.45, 7) is 1.90. The standard InChI is InChI=1S/C24H24N4O3/c29-22(27-11-13-28(14-12-27)23(30)24(31)9-10-24)20-7-5-18(6-8-20)17-1-3-19(4-2-17)21-15-25-26-16-21/h1-8,15-16,31H,9-14H2,(H,25,26). The van der Waals surface area contributed by atoms with E-state index in [2.05, 4.69) is 34.5 Å². The number of rotatable bonds is 4. The van der Waals surface area contributed by atoms with E-state index in [0.29, 0.717) is 44.6 Å². The van der Waals surface area contributed by atoms with E-state index >= 15 is 0 Å². The zero-order chi connectivity index (χ0) is 21.4. The maximum absolute atomic E-state index is 12.9. The van der Waals surface area contributed by atoms with Crippen molar-refractivity contribution in [3.8, 4) is 22.3 Å². The fourth-order valence-corrected chi connectivity index (χ4v) is 3.99. The van der Waals surface area contributed by atoms with Gasteiger partial charge in [0.05, 0.1) is 6.20 Å². The molecule has 1 aliphatic carbocycles. The lowest BCUT2D eigenvalue weighted by molar-refractivity contribution is -0.143. The third kappa shape index (κ3) is 3.84. The second-order valence-corrected chi connectivity index (χ2v) is 8.26. The Labute approximate surface area is 180 Å². The Morgan fingerprint density at radius 3 is 1.84 bits per heavy atom. The second-order valence-electron chi connectivity index (χ2n) is 8.26. The number of aromatic nitrogens is 2. The minimum atomic E-state index is -1.14. The molecule has 3 aromatic rings. The molecule has 0 bridgehead atoms. The van der Waals surface area contributed by atoms with Crippen LogP contribution in [-0.2, 0) is 4.79 Å². The average Bonchev–Trinajstić information content (AvgIpc) is 3.34. The number of carbonyl (C=O) groups excluding carboxylic acids is 2. The summed E-state index contributed by atoms with van der Waals surface area (Å²) in [5.41, 5.74) is 3.76. The molecule has 2 N–H and O–H groups in total. The molecule has 2 aliphatic rings. The number of H-pyrrole nitrogens is 1. The number of benzene rings is 2. The van der Waals surface area contributed by atoms with Gasteiger partial charge in [-0.2, -0.15) is 5.10 Å². The number of aromatic amines is 1. The Hall–Kier alpha value is -3.45. The number of carbonyl (C=O) groups is 2. The zero-order valence-corrected chi connectivity index (χ0v) is 17.1. The molecule has 1 aliphatic heterocycles. The molecule has 158 valence electrons. The Balaban J connectivity index is 1.22. The summed E-state index contributed by atoms with van der Waals surface area (Å²) in [6, 6.07) is 15.9. The van der Waals surface area contributed by atoms with Gasteiger partial charge in [0.1, 0.15) is 5.60 Å². The van der Waals surface area contributed by atoms with Crippen molar-refractivity contribution in [2.75, 3.05) is 26.2 Å². The lowest BCUT2D eigenvalue weighted by Crippen LogP contribution is -2.53. The average molecular weight is 416 g/mol. The van der Waals surface area contributed by atoms with E-state index in [1.54, 1.807) is 16.0 Å². The first kappa shape index (κ1) is 19.5. The first-order valence-corrected chi connectivity index (χ1v) is 10.5. The summed E-state index contributed by atoms with van der Waals surface area (Å²) in [5, 5.41) is 16.8. The van der Waals surface area contributed by atoms with E-state index in [9.17, 15) is 14.7 Å². The van der Waals surface area contributed by atoms with Gasteiger partial charge in [-0.3, -0.25) is 14.7 Å². The van der Waals surface area contributed by atoms with Crippen LogP contribution in [0.4, 0.5) is 0 Å². The molecule has 2 fully saturated rings. The summed E-state index contributed by atoms with van der Waals surface area (Å²) < 4.78 is 0. The third-order valence-electron chi connectivity index (χ3n) is 6.16. The first-order valence-electron chi connectivity index (χ1n) is 10.5. The normalized spacial score (nSPS) is 17.5. The number of nitrogens with zero attached hydrogens (tertiary/aromatic N) is 3. The highest BCUT2D eigenvalue weighted by atomic mass is 16.3. The van der Waals surface area contributed by atoms with Gasteiger partial charge in [-0.1, -0.05) is 36.4 Å². The highest BCUT2D eigenvalue weighted by Gasteiger charge is 2.50. The molecule has 31 heavy (non-hydrogen) atoms. The van der Waals surface area contributed by atoms with E-state index < -0.39 is 5.60 Å². The van der Waals surface area contributed by atoms with Crippen molar-refractivity contribution in [3.05, 3.63) is 66.5 Å². The molecule has 2 amide bonds. The molecule has 5 rings (SSSR count). The SMILES string of the molecule is O=C(c1ccc(-c2ccc(-c3cn[nH]c3)cc2)cc1)N1CCN(C(=O)C2(O)CC2)CC1. The largest absolute Gasteiger partial charge is 0.380 e. The molecule has 1 saturated carbocycles. The minimum absolute atomic E-state index is 0.0286. The topological polar surface area (TPSA) is 89.5 Å². The lowest BCUT2D eigenvalue weighted by atomic mass is 10.0. The van der Waals surface area contributed by atoms with Crippen molar-refractivity contribution in [1.82, 2.24) is 20.0 Å². The van der Waals surface area contributed by atoms with Gasteiger partial charge in [0, 0.05) is 43.5 Å². The maximum atomic E-state index is 12.9. The van der Waals surface area contributed by atoms with Gasteiger partial charge in [-0.15, -0.1) is 0 Å². The van der Waals surface area contributed by atoms with E-state index in [1.165, 1.54) is 0 Å². The molecular formula is C24H24N4O3. The van der Waals surface area contributed by atoms with Crippen LogP contribution in [0.15, 0.2) is 60.9 Å². The molecule has 7 heteroatoms. The van der Waals surface area contributed by atoms with Crippen LogP contribution >= 0.6 is 0 Å². The number of aliphatic hydroxyl groups is 1. The van der Waals surface area contributed by atoms with Gasteiger partial charge in [-0.25, -0.2) is 0 Å². The first-order chi connectivity index (χ1) is 15.0. The van der Waals surface area contributed by atoms with Crippen molar-refractivity contribution in [2.24, 2.45) is 0 Å². The van der Waals surface area contributed by atoms with Crippen molar-refractivity contribution in [1.29, 1.82) is 0 Å². The van der Waals surface area contributed by atoms with Gasteiger partial charge in [0.25, 0.3) is 11.8 Å². The van der Waals surface area contributed by atoms with Gasteiger partial charge in [-0.05, 0) is 41.7 Å². The summed E-state index contributed by atoms with van der Waals surface area (Å²) in [6.07, 6.45) is 4.74. The fraction of sp³-hybridized carbons (Fsp3) is 0.292. The van der Waals surface area contributed by atoms with Crippen LogP contribution in [0, 0.1) is 0 Å². The summed E-state index contributed by atoms with van der Waals surface area (Å²) in [4.78, 5) is 28.6. The predicted molar refractivity (Wildman–Crippen MR) is 116 cm³/mol.